The van der Waals surface area contributed by atoms with E-state index in [0.717, 1.165) is 5.69 Å². The summed E-state index contributed by atoms with van der Waals surface area (Å²) in [5, 5.41) is 11.6. The molecule has 0 aliphatic carbocycles. The second kappa shape index (κ2) is 5.35. The molecule has 1 aromatic heterocycles. The maximum Gasteiger partial charge on any atom is 0.284 e. The molecule has 21 heavy (non-hydrogen) atoms. The molecule has 1 aromatic carbocycles. The summed E-state index contributed by atoms with van der Waals surface area (Å²) in [4.78, 5) is 16.7. The average Bonchev–Trinajstić information content (AvgIpc) is 2.48. The molecule has 1 aliphatic heterocycles. The molecule has 3 rings (SSSR count). The molecule has 0 unspecified atom stereocenters. The van der Waals surface area contributed by atoms with E-state index < -0.39 is 4.92 Å². The van der Waals surface area contributed by atoms with Crippen molar-refractivity contribution in [3.8, 4) is 0 Å². The van der Waals surface area contributed by atoms with Gasteiger partial charge in [0.1, 0.15) is 22.5 Å². The topological polar surface area (TPSA) is 59.3 Å². The van der Waals surface area contributed by atoms with Crippen molar-refractivity contribution >= 4 is 39.7 Å². The van der Waals surface area contributed by atoms with Crippen LogP contribution < -0.4 is 4.90 Å². The van der Waals surface area contributed by atoms with Gasteiger partial charge >= 0.3 is 0 Å². The Hall–Kier alpha value is -2.11. The van der Waals surface area contributed by atoms with Crippen molar-refractivity contribution < 1.29 is 4.92 Å². The summed E-state index contributed by atoms with van der Waals surface area (Å²) in [6.07, 6.45) is 0. The lowest BCUT2D eigenvalue weighted by Gasteiger charge is -2.28. The Morgan fingerprint density at radius 1 is 1.14 bits per heavy atom. The molecular formula is C14H9Cl2N3O2. The first-order chi connectivity index (χ1) is 10.1. The molecule has 106 valence electrons. The zero-order valence-corrected chi connectivity index (χ0v) is 12.2. The van der Waals surface area contributed by atoms with Crippen LogP contribution in [-0.4, -0.2) is 16.5 Å². The van der Waals surface area contributed by atoms with Gasteiger partial charge in [0, 0.05) is 11.3 Å². The lowest BCUT2D eigenvalue weighted by molar-refractivity contribution is -0.424. The van der Waals surface area contributed by atoms with E-state index in [1.165, 1.54) is 0 Å². The smallest absolute Gasteiger partial charge is 0.284 e. The molecule has 0 saturated heterocycles. The highest BCUT2D eigenvalue weighted by Crippen LogP contribution is 2.40. The van der Waals surface area contributed by atoms with Crippen LogP contribution >= 0.6 is 23.2 Å². The second-order valence-corrected chi connectivity index (χ2v) is 5.21. The quantitative estimate of drug-likeness (QED) is 0.475. The molecule has 7 heteroatoms. The molecular weight excluding hydrogens is 313 g/mol. The van der Waals surface area contributed by atoms with Crippen LogP contribution in [0.25, 0.3) is 5.03 Å². The monoisotopic (exact) mass is 321 g/mol. The summed E-state index contributed by atoms with van der Waals surface area (Å²) in [6.45, 7) is 0.0379. The second-order valence-electron chi connectivity index (χ2n) is 4.44. The first-order valence-electron chi connectivity index (χ1n) is 6.10. The maximum absolute atomic E-state index is 11.2. The van der Waals surface area contributed by atoms with Gasteiger partial charge in [0.25, 0.3) is 5.70 Å². The number of fused-ring (bicyclic) bond motifs is 1. The third kappa shape index (κ3) is 2.46. The lowest BCUT2D eigenvalue weighted by atomic mass is 10.1. The van der Waals surface area contributed by atoms with E-state index in [4.69, 9.17) is 23.2 Å². The third-order valence-electron chi connectivity index (χ3n) is 3.18. The Labute approximate surface area is 130 Å². The summed E-state index contributed by atoms with van der Waals surface area (Å²) in [5.41, 5.74) is 1.23. The summed E-state index contributed by atoms with van der Waals surface area (Å²) in [6, 6.07) is 12.5. The summed E-state index contributed by atoms with van der Waals surface area (Å²) >= 11 is 12.1. The van der Waals surface area contributed by atoms with Gasteiger partial charge in [-0.05, 0) is 24.3 Å². The molecule has 0 spiro atoms. The fraction of sp³-hybridized carbons (Fsp3) is 0.0714. The average molecular weight is 322 g/mol. The van der Waals surface area contributed by atoms with Crippen molar-refractivity contribution in [1.29, 1.82) is 0 Å². The summed E-state index contributed by atoms with van der Waals surface area (Å²) in [7, 11) is 0. The Morgan fingerprint density at radius 2 is 1.86 bits per heavy atom. The third-order valence-corrected chi connectivity index (χ3v) is 3.82. The highest BCUT2D eigenvalue weighted by molar-refractivity contribution is 6.50. The fourth-order valence-corrected chi connectivity index (χ4v) is 2.63. The number of nitrogens with zero attached hydrogens (tertiary/aromatic N) is 3. The molecule has 0 atom stereocenters. The molecule has 5 nitrogen and oxygen atoms in total. The molecule has 0 radical (unpaired) electrons. The van der Waals surface area contributed by atoms with Gasteiger partial charge in [-0.2, -0.15) is 0 Å². The van der Waals surface area contributed by atoms with Gasteiger partial charge in [-0.3, -0.25) is 10.1 Å². The first-order valence-corrected chi connectivity index (χ1v) is 6.86. The number of halogens is 2. The molecule has 2 heterocycles. The standard InChI is InChI=1S/C14H9Cl2N3O2/c15-12-7-6-10-13(16)11(19(20)21)8-18(14(10)17-12)9-4-2-1-3-5-9/h1-7H,8H2. The van der Waals surface area contributed by atoms with Crippen LogP contribution in [0.2, 0.25) is 5.15 Å². The van der Waals surface area contributed by atoms with Gasteiger partial charge < -0.3 is 4.90 Å². The van der Waals surface area contributed by atoms with Crippen LogP contribution in [0.4, 0.5) is 11.5 Å². The molecule has 0 fully saturated rings. The van der Waals surface area contributed by atoms with E-state index in [9.17, 15) is 10.1 Å². The molecule has 1 aliphatic rings. The Kier molecular flexibility index (Phi) is 3.53. The van der Waals surface area contributed by atoms with Gasteiger partial charge in [-0.25, -0.2) is 4.98 Å². The van der Waals surface area contributed by atoms with Gasteiger partial charge in [0.15, 0.2) is 0 Å². The van der Waals surface area contributed by atoms with Gasteiger partial charge in [0.2, 0.25) is 0 Å². The highest BCUT2D eigenvalue weighted by atomic mass is 35.5. The zero-order chi connectivity index (χ0) is 15.0. The Balaban J connectivity index is 2.21. The number of anilines is 2. The predicted octanol–water partition coefficient (Wildman–Crippen LogP) is 4.07. The predicted molar refractivity (Wildman–Crippen MR) is 82.5 cm³/mol. The minimum absolute atomic E-state index is 0.0379. The van der Waals surface area contributed by atoms with Crippen LogP contribution in [0.1, 0.15) is 5.56 Å². The summed E-state index contributed by atoms with van der Waals surface area (Å²) in [5.74, 6) is 0.518. The van der Waals surface area contributed by atoms with Crippen LogP contribution in [-0.2, 0) is 0 Å². The number of nitro groups is 1. The van der Waals surface area contributed by atoms with Crippen LogP contribution in [0, 0.1) is 10.1 Å². The van der Waals surface area contributed by atoms with Crippen molar-refractivity contribution in [1.82, 2.24) is 4.98 Å². The van der Waals surface area contributed by atoms with E-state index >= 15 is 0 Å². The zero-order valence-electron chi connectivity index (χ0n) is 10.7. The Bertz CT molecular complexity index is 747. The number of para-hydroxylation sites is 1. The molecule has 2 aromatic rings. The fourth-order valence-electron chi connectivity index (χ4n) is 2.21. The van der Waals surface area contributed by atoms with Crippen LogP contribution in [0.5, 0.6) is 0 Å². The maximum atomic E-state index is 11.2. The summed E-state index contributed by atoms with van der Waals surface area (Å²) < 4.78 is 0. The van der Waals surface area contributed by atoms with E-state index in [1.54, 1.807) is 17.0 Å². The number of rotatable bonds is 2. The SMILES string of the molecule is O=[N+]([O-])C1=C(Cl)c2ccc(Cl)nc2N(c2ccccc2)C1. The normalized spacial score (nSPS) is 14.1. The minimum atomic E-state index is -0.462. The van der Waals surface area contributed by atoms with Gasteiger partial charge in [-0.1, -0.05) is 41.4 Å². The number of hydrogen-bond acceptors (Lipinski definition) is 4. The van der Waals surface area contributed by atoms with Gasteiger partial charge in [-0.15, -0.1) is 0 Å². The van der Waals surface area contributed by atoms with Gasteiger partial charge in [0.05, 0.1) is 4.92 Å². The highest BCUT2D eigenvalue weighted by Gasteiger charge is 2.32. The lowest BCUT2D eigenvalue weighted by Crippen LogP contribution is -2.28. The van der Waals surface area contributed by atoms with Crippen molar-refractivity contribution in [2.75, 3.05) is 11.4 Å². The van der Waals surface area contributed by atoms with Crippen LogP contribution in [0.15, 0.2) is 48.2 Å². The molecule has 0 N–H and O–H groups in total. The number of hydrogen-bond donors (Lipinski definition) is 0. The van der Waals surface area contributed by atoms with Crippen molar-refractivity contribution in [3.63, 3.8) is 0 Å². The first kappa shape index (κ1) is 13.9. The van der Waals surface area contributed by atoms with Crippen molar-refractivity contribution in [3.05, 3.63) is 69.0 Å². The number of benzene rings is 1. The van der Waals surface area contributed by atoms with Crippen LogP contribution in [0.3, 0.4) is 0 Å². The number of aromatic nitrogens is 1. The van der Waals surface area contributed by atoms with E-state index in [0.29, 0.717) is 16.5 Å². The minimum Gasteiger partial charge on any atom is -0.315 e. The van der Waals surface area contributed by atoms with Crippen molar-refractivity contribution in [2.24, 2.45) is 0 Å². The molecule has 0 amide bonds. The van der Waals surface area contributed by atoms with Crippen molar-refractivity contribution in [2.45, 2.75) is 0 Å². The largest absolute Gasteiger partial charge is 0.315 e. The number of pyridine rings is 1. The Morgan fingerprint density at radius 3 is 2.52 bits per heavy atom. The van der Waals surface area contributed by atoms with E-state index in [-0.39, 0.29) is 17.3 Å². The molecule has 0 saturated carbocycles. The van der Waals surface area contributed by atoms with E-state index in [1.807, 2.05) is 30.3 Å². The van der Waals surface area contributed by atoms with E-state index in [2.05, 4.69) is 4.98 Å². The molecule has 0 bridgehead atoms.